The molecule has 2 aliphatic rings. The number of amides is 2. The van der Waals surface area contributed by atoms with E-state index in [1.54, 1.807) is 72.8 Å². The number of rotatable bonds is 7. The number of imide groups is 1. The van der Waals surface area contributed by atoms with Crippen LogP contribution in [0.25, 0.3) is 22.2 Å². The van der Waals surface area contributed by atoms with Crippen LogP contribution in [-0.4, -0.2) is 42.3 Å². The van der Waals surface area contributed by atoms with Crippen molar-refractivity contribution < 1.29 is 28.7 Å². The van der Waals surface area contributed by atoms with Crippen molar-refractivity contribution in [2.45, 2.75) is 26.2 Å². The van der Waals surface area contributed by atoms with E-state index in [-0.39, 0.29) is 35.0 Å². The molecule has 218 valence electrons. The predicted molar refractivity (Wildman–Crippen MR) is 162 cm³/mol. The number of carbonyl (C=O) groups excluding carboxylic acids is 4. The van der Waals surface area contributed by atoms with E-state index in [1.165, 1.54) is 12.0 Å². The highest BCUT2D eigenvalue weighted by atomic mass is 35.5. The number of nitrogens with zero attached hydrogens (tertiary/aromatic N) is 2. The SMILES string of the molecule is COc1ccc(C(=O)COC(=O)c2cc(-c3ccc(N4C(=O)C5CCC(C)CC5C4=O)cc3)nc3c(Cl)cccc23)cc1. The van der Waals surface area contributed by atoms with Crippen LogP contribution in [-0.2, 0) is 14.3 Å². The van der Waals surface area contributed by atoms with Crippen LogP contribution in [0.15, 0.2) is 72.8 Å². The Kier molecular flexibility index (Phi) is 7.71. The Hall–Kier alpha value is -4.56. The Morgan fingerprint density at radius 1 is 0.953 bits per heavy atom. The van der Waals surface area contributed by atoms with Crippen molar-refractivity contribution in [2.24, 2.45) is 17.8 Å². The van der Waals surface area contributed by atoms with E-state index in [0.717, 1.165) is 19.3 Å². The van der Waals surface area contributed by atoms with Crippen LogP contribution in [0.5, 0.6) is 5.75 Å². The molecular formula is C34H29ClN2O6. The molecule has 3 atom stereocenters. The minimum absolute atomic E-state index is 0.139. The van der Waals surface area contributed by atoms with Gasteiger partial charge in [-0.05, 0) is 73.7 Å². The lowest BCUT2D eigenvalue weighted by molar-refractivity contribution is -0.122. The van der Waals surface area contributed by atoms with Gasteiger partial charge < -0.3 is 9.47 Å². The van der Waals surface area contributed by atoms with Gasteiger partial charge in [0.1, 0.15) is 5.75 Å². The smallest absolute Gasteiger partial charge is 0.339 e. The minimum Gasteiger partial charge on any atom is -0.497 e. The van der Waals surface area contributed by atoms with Gasteiger partial charge in [-0.3, -0.25) is 19.3 Å². The molecule has 2 fully saturated rings. The molecule has 1 aliphatic heterocycles. The lowest BCUT2D eigenvalue weighted by Gasteiger charge is -2.25. The fourth-order valence-electron chi connectivity index (χ4n) is 6.02. The largest absolute Gasteiger partial charge is 0.497 e. The summed E-state index contributed by atoms with van der Waals surface area (Å²) in [6, 6.07) is 20.2. The number of Topliss-reactive ketones (excluding diaryl/α,β-unsaturated/α-hetero) is 1. The van der Waals surface area contributed by atoms with Crippen LogP contribution in [0, 0.1) is 17.8 Å². The van der Waals surface area contributed by atoms with Gasteiger partial charge >= 0.3 is 5.97 Å². The van der Waals surface area contributed by atoms with Gasteiger partial charge in [-0.1, -0.05) is 42.8 Å². The first-order valence-corrected chi connectivity index (χ1v) is 14.5. The summed E-state index contributed by atoms with van der Waals surface area (Å²) in [4.78, 5) is 58.3. The highest BCUT2D eigenvalue weighted by Crippen LogP contribution is 2.42. The number of ether oxygens (including phenoxy) is 2. The lowest BCUT2D eigenvalue weighted by Crippen LogP contribution is -2.30. The zero-order valence-corrected chi connectivity index (χ0v) is 24.5. The highest BCUT2D eigenvalue weighted by Gasteiger charge is 2.49. The molecule has 3 aromatic carbocycles. The van der Waals surface area contributed by atoms with E-state index in [9.17, 15) is 19.2 Å². The molecule has 0 spiro atoms. The van der Waals surface area contributed by atoms with E-state index in [0.29, 0.717) is 50.1 Å². The first-order valence-electron chi connectivity index (χ1n) is 14.2. The van der Waals surface area contributed by atoms with Crippen LogP contribution in [0.3, 0.4) is 0 Å². The number of hydrogen-bond acceptors (Lipinski definition) is 7. The van der Waals surface area contributed by atoms with Crippen molar-refractivity contribution in [1.29, 1.82) is 0 Å². The Bertz CT molecular complexity index is 1750. The molecule has 2 heterocycles. The zero-order chi connectivity index (χ0) is 30.2. The number of halogens is 1. The number of esters is 1. The maximum Gasteiger partial charge on any atom is 0.339 e. The van der Waals surface area contributed by atoms with E-state index in [2.05, 4.69) is 6.92 Å². The molecule has 0 radical (unpaired) electrons. The minimum atomic E-state index is -0.695. The van der Waals surface area contributed by atoms with Crippen LogP contribution in [0.2, 0.25) is 5.02 Å². The van der Waals surface area contributed by atoms with Gasteiger partial charge in [0.15, 0.2) is 12.4 Å². The molecular weight excluding hydrogens is 568 g/mol. The third-order valence-corrected chi connectivity index (χ3v) is 8.67. The van der Waals surface area contributed by atoms with Crippen molar-refractivity contribution >= 4 is 51.8 Å². The number of aromatic nitrogens is 1. The van der Waals surface area contributed by atoms with Crippen molar-refractivity contribution in [3.63, 3.8) is 0 Å². The quantitative estimate of drug-likeness (QED) is 0.136. The average molecular weight is 597 g/mol. The number of ketones is 1. The zero-order valence-electron chi connectivity index (χ0n) is 23.7. The number of anilines is 1. The Morgan fingerprint density at radius 2 is 1.67 bits per heavy atom. The summed E-state index contributed by atoms with van der Waals surface area (Å²) < 4.78 is 10.6. The van der Waals surface area contributed by atoms with E-state index in [1.807, 2.05) is 0 Å². The number of fused-ring (bicyclic) bond motifs is 2. The van der Waals surface area contributed by atoms with E-state index in [4.69, 9.17) is 26.1 Å². The lowest BCUT2D eigenvalue weighted by atomic mass is 9.76. The van der Waals surface area contributed by atoms with Gasteiger partial charge in [-0.2, -0.15) is 0 Å². The van der Waals surface area contributed by atoms with Gasteiger partial charge in [-0.25, -0.2) is 9.78 Å². The molecule has 1 saturated carbocycles. The summed E-state index contributed by atoms with van der Waals surface area (Å²) in [5, 5.41) is 0.837. The summed E-state index contributed by atoms with van der Waals surface area (Å²) in [6.45, 7) is 1.68. The van der Waals surface area contributed by atoms with Gasteiger partial charge in [-0.15, -0.1) is 0 Å². The molecule has 0 N–H and O–H groups in total. The molecule has 6 rings (SSSR count). The molecule has 1 aliphatic carbocycles. The molecule has 1 aromatic heterocycles. The number of carbonyl (C=O) groups is 4. The fraction of sp³-hybridized carbons (Fsp3) is 0.265. The van der Waals surface area contributed by atoms with E-state index < -0.39 is 12.6 Å². The molecule has 0 bridgehead atoms. The molecule has 4 aromatic rings. The molecule has 1 saturated heterocycles. The first kappa shape index (κ1) is 28.6. The van der Waals surface area contributed by atoms with Crippen LogP contribution >= 0.6 is 11.6 Å². The summed E-state index contributed by atoms with van der Waals surface area (Å²) in [6.07, 6.45) is 2.41. The Balaban J connectivity index is 1.26. The normalized spacial score (nSPS) is 19.8. The van der Waals surface area contributed by atoms with Gasteiger partial charge in [0, 0.05) is 16.5 Å². The predicted octanol–water partition coefficient (Wildman–Crippen LogP) is 6.53. The molecule has 2 amide bonds. The van der Waals surface area contributed by atoms with Gasteiger partial charge in [0.05, 0.1) is 46.4 Å². The Labute approximate surface area is 253 Å². The first-order chi connectivity index (χ1) is 20.7. The maximum absolute atomic E-state index is 13.3. The highest BCUT2D eigenvalue weighted by molar-refractivity contribution is 6.35. The number of hydrogen-bond donors (Lipinski definition) is 0. The topological polar surface area (TPSA) is 103 Å². The van der Waals surface area contributed by atoms with Crippen LogP contribution < -0.4 is 9.64 Å². The third-order valence-electron chi connectivity index (χ3n) is 8.37. The Morgan fingerprint density at radius 3 is 2.40 bits per heavy atom. The molecule has 3 unspecified atom stereocenters. The summed E-state index contributed by atoms with van der Waals surface area (Å²) in [5.74, 6) is -0.807. The second kappa shape index (κ2) is 11.6. The summed E-state index contributed by atoms with van der Waals surface area (Å²) in [5.41, 5.74) is 2.61. The number of benzene rings is 3. The standard InChI is InChI=1S/C34H29ClN2O6/c1-19-6-15-25-26(16-19)33(40)37(32(25)39)22-11-7-20(8-12-22)29-17-27(24-4-3-5-28(35)31(24)36-29)34(41)43-18-30(38)21-9-13-23(42-2)14-10-21/h3-5,7-14,17,19,25-26H,6,15-16,18H2,1-2H3. The average Bonchev–Trinajstić information content (AvgIpc) is 3.27. The molecule has 43 heavy (non-hydrogen) atoms. The number of pyridine rings is 1. The van der Waals surface area contributed by atoms with Crippen LogP contribution in [0.1, 0.15) is 46.9 Å². The summed E-state index contributed by atoms with van der Waals surface area (Å²) in [7, 11) is 1.54. The van der Waals surface area contributed by atoms with E-state index >= 15 is 0 Å². The maximum atomic E-state index is 13.3. The summed E-state index contributed by atoms with van der Waals surface area (Å²) >= 11 is 6.48. The molecule has 9 heteroatoms. The third kappa shape index (κ3) is 5.39. The van der Waals surface area contributed by atoms with Gasteiger partial charge in [0.25, 0.3) is 0 Å². The van der Waals surface area contributed by atoms with Crippen molar-refractivity contribution in [3.05, 3.63) is 88.9 Å². The van der Waals surface area contributed by atoms with Crippen molar-refractivity contribution in [1.82, 2.24) is 4.98 Å². The monoisotopic (exact) mass is 596 g/mol. The van der Waals surface area contributed by atoms with Crippen LogP contribution in [0.4, 0.5) is 5.69 Å². The second-order valence-corrected chi connectivity index (χ2v) is 11.5. The number of methoxy groups -OCH3 is 1. The fourth-order valence-corrected chi connectivity index (χ4v) is 6.24. The number of para-hydroxylation sites is 1. The second-order valence-electron chi connectivity index (χ2n) is 11.1. The van der Waals surface area contributed by atoms with Crippen molar-refractivity contribution in [3.8, 4) is 17.0 Å². The van der Waals surface area contributed by atoms with Crippen molar-refractivity contribution in [2.75, 3.05) is 18.6 Å². The molecule has 8 nitrogen and oxygen atoms in total. The van der Waals surface area contributed by atoms with Gasteiger partial charge in [0.2, 0.25) is 11.8 Å².